The quantitative estimate of drug-likeness (QED) is 0.0633. The first-order valence-corrected chi connectivity index (χ1v) is 27.4. The van der Waals surface area contributed by atoms with Gasteiger partial charge in [0.25, 0.3) is 0 Å². The Bertz CT molecular complexity index is 1110. The molecule has 5 saturated carbocycles. The average Bonchev–Trinajstić information content (AvgIpc) is 3.25. The van der Waals surface area contributed by atoms with Gasteiger partial charge < -0.3 is 21.1 Å². The summed E-state index contributed by atoms with van der Waals surface area (Å²) in [6.07, 6.45) is 49.5. The first kappa shape index (κ1) is 55.8. The van der Waals surface area contributed by atoms with Crippen LogP contribution in [0.4, 0.5) is 0 Å². The minimum Gasteiger partial charge on any atom is -0.858 e. The van der Waals surface area contributed by atoms with E-state index in [1.807, 2.05) is 6.08 Å². The molecular weight excluding hydrogens is 1320 g/mol. The molecule has 3 atom stereocenters. The van der Waals surface area contributed by atoms with Crippen LogP contribution in [0.5, 0.6) is 0 Å². The Labute approximate surface area is 408 Å². The second-order valence-electron chi connectivity index (χ2n) is 18.4. The van der Waals surface area contributed by atoms with E-state index in [2.05, 4.69) is 20.9 Å². The van der Waals surface area contributed by atoms with Gasteiger partial charge in [0.15, 0.2) is 0 Å². The zero-order valence-electron chi connectivity index (χ0n) is 35.9. The van der Waals surface area contributed by atoms with Crippen LogP contribution < -0.4 is 15.7 Å². The predicted octanol–water partition coefficient (Wildman–Crippen LogP) is 10.6. The number of carbonyl (C=O) groups excluding carboxylic acids is 1. The summed E-state index contributed by atoms with van der Waals surface area (Å²) < 4.78 is 0. The van der Waals surface area contributed by atoms with Crippen molar-refractivity contribution in [3.05, 3.63) is 29.2 Å². The van der Waals surface area contributed by atoms with Crippen molar-refractivity contribution in [3.63, 3.8) is 0 Å². The molecule has 5 aliphatic carbocycles. The van der Waals surface area contributed by atoms with Gasteiger partial charge in [0.2, 0.25) is 5.91 Å². The van der Waals surface area contributed by atoms with Crippen LogP contribution in [0.15, 0.2) is 28.9 Å². The van der Waals surface area contributed by atoms with Gasteiger partial charge in [-0.2, -0.15) is 9.90 Å². The van der Waals surface area contributed by atoms with Crippen LogP contribution in [0.3, 0.4) is 0 Å². The third kappa shape index (κ3) is 18.7. The minimum absolute atomic E-state index is 0. The molecule has 6 nitrogen and oxygen atoms in total. The molecule has 0 bridgehead atoms. The number of carbonyl (C=O) groups is 1. The van der Waals surface area contributed by atoms with Crippen LogP contribution in [0.2, 0.25) is 0 Å². The van der Waals surface area contributed by atoms with Crippen molar-refractivity contribution in [1.29, 1.82) is 0 Å². The first-order chi connectivity index (χ1) is 26.7. The summed E-state index contributed by atoms with van der Waals surface area (Å²) in [5, 5.41) is 22.9. The molecule has 0 aromatic rings. The maximum absolute atomic E-state index is 12.5. The SMILES string of the molecule is C1CCC([PH+](CCCC[PH+](C2CCCCC2)C2CCCCC2)C2CCCCC2)CC1.O=C(NC1CCCCC1N=C([O-])C1=CCNC=C1)C1CC[N-]CC1.P.[Au+].[Au+].[Au+]. The van der Waals surface area contributed by atoms with Gasteiger partial charge in [-0.25, -0.2) is 0 Å². The minimum atomic E-state index is -0.171. The van der Waals surface area contributed by atoms with E-state index in [-0.39, 0.29) is 123 Å². The topological polar surface area (TPSA) is 90.7 Å². The van der Waals surface area contributed by atoms with Gasteiger partial charge >= 0.3 is 67.1 Å². The number of dihydropyridines is 1. The number of nitrogens with zero attached hydrogens (tertiary/aromatic N) is 2. The van der Waals surface area contributed by atoms with Crippen LogP contribution in [0.25, 0.3) is 5.32 Å². The van der Waals surface area contributed by atoms with E-state index < -0.39 is 0 Å². The molecule has 2 heterocycles. The average molecular weight is 1410 g/mol. The molecule has 3 unspecified atom stereocenters. The van der Waals surface area contributed by atoms with Crippen LogP contribution in [0.1, 0.15) is 180 Å². The van der Waals surface area contributed by atoms with Gasteiger partial charge in [-0.1, -0.05) is 57.4 Å². The van der Waals surface area contributed by atoms with E-state index in [9.17, 15) is 9.90 Å². The molecule has 344 valence electrons. The maximum atomic E-state index is 12.5. The number of hydrogen-bond acceptors (Lipinski definition) is 4. The number of amides is 1. The predicted molar refractivity (Wildman–Crippen MR) is 247 cm³/mol. The van der Waals surface area contributed by atoms with E-state index in [4.69, 9.17) is 0 Å². The van der Waals surface area contributed by atoms with Crippen LogP contribution in [0, 0.1) is 5.92 Å². The van der Waals surface area contributed by atoms with Gasteiger partial charge in [-0.05, 0) is 152 Å². The summed E-state index contributed by atoms with van der Waals surface area (Å²) in [6.45, 7) is 2.22. The fourth-order valence-electron chi connectivity index (χ4n) is 11.6. The molecule has 2 aliphatic heterocycles. The molecule has 7 rings (SSSR count). The van der Waals surface area contributed by atoms with Crippen LogP contribution in [-0.4, -0.2) is 78.5 Å². The molecule has 0 spiro atoms. The summed E-state index contributed by atoms with van der Waals surface area (Å²) in [5.41, 5.74) is 5.50. The van der Waals surface area contributed by atoms with Crippen molar-refractivity contribution in [2.45, 2.75) is 215 Å². The van der Waals surface area contributed by atoms with Crippen molar-refractivity contribution in [2.24, 2.45) is 10.9 Å². The van der Waals surface area contributed by atoms with E-state index in [0.29, 0.717) is 12.1 Å². The zero-order valence-corrected chi connectivity index (χ0v) is 45.8. The molecule has 6 fully saturated rings. The molecule has 1 saturated heterocycles. The third-order valence-corrected chi connectivity index (χ3v) is 23.1. The number of rotatable bonds is 13. The van der Waals surface area contributed by atoms with Crippen LogP contribution >= 0.6 is 25.7 Å². The Morgan fingerprint density at radius 2 is 1.09 bits per heavy atom. The van der Waals surface area contributed by atoms with Gasteiger partial charge in [0.1, 0.15) is 0 Å². The Hall–Kier alpha value is 1.69. The normalized spacial score (nSPS) is 25.7. The summed E-state index contributed by atoms with van der Waals surface area (Å²) in [4.78, 5) is 16.9. The Kier molecular flexibility index (Phi) is 31.1. The number of nitrogens with one attached hydrogen (secondary N) is 2. The molecule has 1 amide bonds. The van der Waals surface area contributed by atoms with Crippen molar-refractivity contribution in [2.75, 3.05) is 32.0 Å². The van der Waals surface area contributed by atoms with E-state index in [0.717, 1.165) is 51.6 Å². The molecule has 0 aromatic carbocycles. The number of unbranched alkanes of at least 4 members (excludes halogenated alkanes) is 1. The Morgan fingerprint density at radius 1 is 0.655 bits per heavy atom. The smallest absolute Gasteiger partial charge is 0.858 e. The molecule has 2 N–H and O–H groups in total. The molecule has 12 heteroatoms. The van der Waals surface area contributed by atoms with E-state index in [1.54, 1.807) is 166 Å². The summed E-state index contributed by atoms with van der Waals surface area (Å²) in [6, 6.07) is -0.118. The molecule has 58 heavy (non-hydrogen) atoms. The Morgan fingerprint density at radius 3 is 1.52 bits per heavy atom. The first-order valence-electron chi connectivity index (χ1n) is 23.7. The van der Waals surface area contributed by atoms with Crippen molar-refractivity contribution in [3.8, 4) is 0 Å². The fourth-order valence-corrected chi connectivity index (χ4v) is 20.5. The third-order valence-electron chi connectivity index (χ3n) is 14.7. The van der Waals surface area contributed by atoms with Gasteiger partial charge in [-0.3, -0.25) is 9.79 Å². The second-order valence-corrected chi connectivity index (χ2v) is 25.0. The van der Waals surface area contributed by atoms with Gasteiger partial charge in [-0.15, -0.1) is 13.1 Å². The fraction of sp³-hybridized carbons (Fsp3) is 0.870. The molecule has 0 radical (unpaired) electrons. The number of aliphatic imine (C=N–C) groups is 1. The zero-order chi connectivity index (χ0) is 37.2. The van der Waals surface area contributed by atoms with Gasteiger partial charge in [0, 0.05) is 28.3 Å². The van der Waals surface area contributed by atoms with Gasteiger partial charge in [0.05, 0.1) is 47.0 Å². The van der Waals surface area contributed by atoms with Crippen LogP contribution in [-0.2, 0) is 71.9 Å². The van der Waals surface area contributed by atoms with Crippen molar-refractivity contribution >= 4 is 37.5 Å². The summed E-state index contributed by atoms with van der Waals surface area (Å²) in [7, 11) is -0.162. The molecule has 7 aliphatic rings. The van der Waals surface area contributed by atoms with E-state index in [1.165, 1.54) is 22.6 Å². The van der Waals surface area contributed by atoms with E-state index >= 15 is 0 Å². The second kappa shape index (κ2) is 32.4. The summed E-state index contributed by atoms with van der Waals surface area (Å²) >= 11 is 0. The maximum Gasteiger partial charge on any atom is 1.00 e. The largest absolute Gasteiger partial charge is 1.00 e. The summed E-state index contributed by atoms with van der Waals surface area (Å²) in [5.74, 6) is 0.0108. The number of hydrogen-bond donors (Lipinski definition) is 2. The van der Waals surface area contributed by atoms with Crippen molar-refractivity contribution < 1.29 is 77.0 Å². The molecule has 0 aromatic heterocycles. The number of piperidine rings is 1. The monoisotopic (exact) mass is 1410 g/mol. The van der Waals surface area contributed by atoms with Crippen molar-refractivity contribution in [1.82, 2.24) is 10.6 Å². The Balaban J connectivity index is 0.000000382. The molecular formula is C46H83Au3N4O2P3+3. The standard InChI is InChI=1S/C28H52P2.C18H27N4O2.3Au.H3P/c1-5-15-25(16-6-1)29(26-17-7-2-8-18-26)23-13-14-24-30(27-19-9-3-10-20-27)28-21-11-4-12-22-28;23-17(13-5-9-19-10-6-13)21-15-3-1-2-4-16(15)22-18(24)14-7-11-20-12-8-14;;;;/h25-28H,1-24H2;5-6,9,14-16,19H,1-4,7-8,10-12H2,(H,21,23)(H,22,24);;;;1H3/q;-1;3*+1;/p+1.